The van der Waals surface area contributed by atoms with Crippen LogP contribution in [0.4, 0.5) is 20.7 Å². The number of anilines is 2. The Balaban J connectivity index is 1.37. The number of aryl methyl sites for hydroxylation is 1. The highest BCUT2D eigenvalue weighted by Crippen LogP contribution is 2.27. The number of amides is 1. The van der Waals surface area contributed by atoms with Crippen LogP contribution in [0, 0.1) is 6.92 Å². The number of hydrogen-bond donors (Lipinski definition) is 1. The summed E-state index contributed by atoms with van der Waals surface area (Å²) in [4.78, 5) is 19.0. The van der Waals surface area contributed by atoms with Crippen molar-refractivity contribution >= 4 is 27.6 Å². The second kappa shape index (κ2) is 9.30. The maximum absolute atomic E-state index is 13.7. The predicted octanol–water partition coefficient (Wildman–Crippen LogP) is 2.29. The highest BCUT2D eigenvalue weighted by molar-refractivity contribution is 7.92. The molecule has 3 heterocycles. The van der Waals surface area contributed by atoms with E-state index in [1.54, 1.807) is 4.90 Å². The smallest absolute Gasteiger partial charge is 0.344 e. The van der Waals surface area contributed by atoms with Crippen LogP contribution in [0.5, 0.6) is 0 Å². The third-order valence-corrected chi connectivity index (χ3v) is 6.82. The van der Waals surface area contributed by atoms with E-state index in [9.17, 15) is 17.6 Å². The van der Waals surface area contributed by atoms with Crippen molar-refractivity contribution in [2.75, 3.05) is 48.6 Å². The summed E-state index contributed by atoms with van der Waals surface area (Å²) in [5.74, 6) is 0.116. The lowest BCUT2D eigenvalue weighted by molar-refractivity contribution is 0.0921. The Morgan fingerprint density at radius 2 is 2.00 bits per heavy atom. The number of nitrogens with one attached hydrogen (secondary N) is 1. The van der Waals surface area contributed by atoms with Crippen molar-refractivity contribution < 1.29 is 17.6 Å². The Morgan fingerprint density at radius 1 is 1.21 bits per heavy atom. The second-order valence-electron chi connectivity index (χ2n) is 9.02. The number of piperazine rings is 1. The molecule has 2 aliphatic rings. The summed E-state index contributed by atoms with van der Waals surface area (Å²) in [7, 11) is -3.45. The van der Waals surface area contributed by atoms with Crippen LogP contribution in [0.25, 0.3) is 0 Å². The Morgan fingerprint density at radius 3 is 2.67 bits per heavy atom. The summed E-state index contributed by atoms with van der Waals surface area (Å²) in [5, 5.41) is 4.03. The number of hydrogen-bond acceptors (Lipinski definition) is 6. The molecule has 1 aromatic heterocycles. The molecule has 180 valence electrons. The van der Waals surface area contributed by atoms with Gasteiger partial charge in [-0.05, 0) is 37.5 Å². The molecule has 0 saturated carbocycles. The summed E-state index contributed by atoms with van der Waals surface area (Å²) in [6.07, 6.45) is 2.32. The van der Waals surface area contributed by atoms with Crippen LogP contribution in [0.1, 0.15) is 24.5 Å². The summed E-state index contributed by atoms with van der Waals surface area (Å²) in [5.41, 5.74) is 3.43. The molecule has 11 heteroatoms. The van der Waals surface area contributed by atoms with Crippen LogP contribution in [-0.4, -0.2) is 85.2 Å². The lowest BCUT2D eigenvalue weighted by Crippen LogP contribution is -2.54. The first-order valence-electron chi connectivity index (χ1n) is 11.1. The maximum atomic E-state index is 13.7. The number of halogens is 1. The molecular formula is C22H31FN6O3S. The second-order valence-corrected chi connectivity index (χ2v) is 10.8. The van der Waals surface area contributed by atoms with Crippen LogP contribution in [0.3, 0.4) is 0 Å². The van der Waals surface area contributed by atoms with Gasteiger partial charge in [-0.25, -0.2) is 17.6 Å². The van der Waals surface area contributed by atoms with E-state index in [1.807, 2.05) is 0 Å². The highest BCUT2D eigenvalue weighted by atomic mass is 32.2. The van der Waals surface area contributed by atoms with Gasteiger partial charge in [0.25, 0.3) is 0 Å². The molecule has 2 saturated heterocycles. The van der Waals surface area contributed by atoms with E-state index in [1.165, 1.54) is 17.8 Å². The van der Waals surface area contributed by atoms with E-state index in [0.29, 0.717) is 32.6 Å². The minimum atomic E-state index is -3.45. The summed E-state index contributed by atoms with van der Waals surface area (Å²) >= 11 is 0. The third kappa shape index (κ3) is 5.64. The van der Waals surface area contributed by atoms with Crippen molar-refractivity contribution in [2.24, 2.45) is 0 Å². The molecule has 1 N–H and O–H groups in total. The highest BCUT2D eigenvalue weighted by Gasteiger charge is 2.29. The molecule has 2 atom stereocenters. The normalized spacial score (nSPS) is 22.1. The fourth-order valence-electron chi connectivity index (χ4n) is 4.49. The van der Waals surface area contributed by atoms with Gasteiger partial charge in [0.15, 0.2) is 5.82 Å². The largest absolute Gasteiger partial charge is 0.368 e. The number of rotatable bonds is 5. The minimum Gasteiger partial charge on any atom is -0.368 e. The molecule has 0 unspecified atom stereocenters. The van der Waals surface area contributed by atoms with E-state index < -0.39 is 16.2 Å². The van der Waals surface area contributed by atoms with Crippen molar-refractivity contribution in [3.8, 4) is 0 Å². The summed E-state index contributed by atoms with van der Waals surface area (Å²) in [6.45, 7) is 7.91. The molecular weight excluding hydrogens is 447 g/mol. The summed E-state index contributed by atoms with van der Waals surface area (Å²) in [6, 6.07) is 7.69. The molecule has 9 nitrogen and oxygen atoms in total. The van der Waals surface area contributed by atoms with Crippen LogP contribution in [0.15, 0.2) is 30.5 Å². The molecule has 4 rings (SSSR count). The number of carbonyl (C=O) groups excluding carboxylic acids is 1. The number of alkyl halides is 1. The quantitative estimate of drug-likeness (QED) is 0.709. The van der Waals surface area contributed by atoms with Gasteiger partial charge in [-0.1, -0.05) is 12.1 Å². The first kappa shape index (κ1) is 23.5. The molecule has 0 spiro atoms. The first-order chi connectivity index (χ1) is 15.6. The average molecular weight is 479 g/mol. The van der Waals surface area contributed by atoms with Crippen molar-refractivity contribution in [1.29, 1.82) is 0 Å². The van der Waals surface area contributed by atoms with Crippen molar-refractivity contribution in [3.63, 3.8) is 0 Å². The number of nitrogens with zero attached hydrogens (tertiary/aromatic N) is 5. The van der Waals surface area contributed by atoms with Crippen LogP contribution >= 0.6 is 0 Å². The number of benzene rings is 1. The first-order valence-corrected chi connectivity index (χ1v) is 13.0. The van der Waals surface area contributed by atoms with Crippen molar-refractivity contribution in [3.05, 3.63) is 41.6 Å². The Bertz CT molecular complexity index is 1120. The van der Waals surface area contributed by atoms with Gasteiger partial charge in [-0.3, -0.25) is 9.62 Å². The van der Waals surface area contributed by atoms with Gasteiger partial charge in [0.2, 0.25) is 10.0 Å². The lowest BCUT2D eigenvalue weighted by atomic mass is 10.1. The van der Waals surface area contributed by atoms with Gasteiger partial charge < -0.3 is 9.80 Å². The zero-order valence-electron chi connectivity index (χ0n) is 19.2. The Hall–Kier alpha value is -2.66. The molecule has 0 aliphatic carbocycles. The summed E-state index contributed by atoms with van der Waals surface area (Å²) < 4.78 is 39.8. The van der Waals surface area contributed by atoms with E-state index >= 15 is 0 Å². The van der Waals surface area contributed by atoms with Gasteiger partial charge >= 0.3 is 6.03 Å². The fourth-order valence-corrected chi connectivity index (χ4v) is 4.98. The van der Waals surface area contributed by atoms with Gasteiger partial charge in [-0.2, -0.15) is 4.68 Å². The van der Waals surface area contributed by atoms with Gasteiger partial charge in [-0.15, -0.1) is 5.10 Å². The molecule has 2 aromatic rings. The molecule has 0 radical (unpaired) electrons. The van der Waals surface area contributed by atoms with Gasteiger partial charge in [0, 0.05) is 63.3 Å². The zero-order chi connectivity index (χ0) is 23.8. The standard InChI is InChI=1S/C22H31FN6O3S/c1-16-4-5-18(12-20(16)27-8-6-19(23)15-27)14-26-10-11-28(13-17(26)2)22(30)29-9-7-21(24-29)25-33(3,31)32/h4-5,7,9,12,17,19H,6,8,10-11,13-15H2,1-3H3,(H,24,25)/t17-,19-/m0/s1. The molecule has 1 aromatic carbocycles. The topological polar surface area (TPSA) is 90.8 Å². The molecule has 2 fully saturated rings. The predicted molar refractivity (Wildman–Crippen MR) is 126 cm³/mol. The van der Waals surface area contributed by atoms with Crippen molar-refractivity contribution in [2.45, 2.75) is 39.0 Å². The monoisotopic (exact) mass is 478 g/mol. The van der Waals surface area contributed by atoms with Crippen molar-refractivity contribution in [1.82, 2.24) is 19.6 Å². The van der Waals surface area contributed by atoms with Crippen LogP contribution in [0.2, 0.25) is 0 Å². The van der Waals surface area contributed by atoms with Gasteiger partial charge in [0.1, 0.15) is 6.17 Å². The molecule has 2 aliphatic heterocycles. The van der Waals surface area contributed by atoms with E-state index in [4.69, 9.17) is 0 Å². The number of carbonyl (C=O) groups is 1. The SMILES string of the molecule is Cc1ccc(CN2CCN(C(=O)n3ccc(NS(C)(=O)=O)n3)C[C@@H]2C)cc1N1CC[C@H](F)C1. The number of sulfonamides is 1. The van der Waals surface area contributed by atoms with Gasteiger partial charge in [0.05, 0.1) is 6.26 Å². The fraction of sp³-hybridized carbons (Fsp3) is 0.545. The van der Waals surface area contributed by atoms with E-state index in [-0.39, 0.29) is 17.9 Å². The maximum Gasteiger partial charge on any atom is 0.344 e. The molecule has 33 heavy (non-hydrogen) atoms. The Kier molecular flexibility index (Phi) is 6.62. The third-order valence-electron chi connectivity index (χ3n) is 6.24. The van der Waals surface area contributed by atoms with Crippen LogP contribution < -0.4 is 9.62 Å². The number of aromatic nitrogens is 2. The molecule has 1 amide bonds. The van der Waals surface area contributed by atoms with E-state index in [2.05, 4.69) is 51.7 Å². The minimum absolute atomic E-state index is 0.116. The van der Waals surface area contributed by atoms with E-state index in [0.717, 1.165) is 35.3 Å². The zero-order valence-corrected chi connectivity index (χ0v) is 20.1. The Labute approximate surface area is 194 Å². The lowest BCUT2D eigenvalue weighted by Gasteiger charge is -2.39. The van der Waals surface area contributed by atoms with Crippen LogP contribution in [-0.2, 0) is 16.6 Å². The average Bonchev–Trinajstić information content (AvgIpc) is 3.38. The molecule has 0 bridgehead atoms.